The Labute approximate surface area is 154 Å². The summed E-state index contributed by atoms with van der Waals surface area (Å²) in [4.78, 5) is 7.73. The minimum Gasteiger partial charge on any atom is -0.388 e. The van der Waals surface area contributed by atoms with Crippen LogP contribution in [0, 0.1) is 11.6 Å². The Hall–Kier alpha value is -1.77. The number of halogens is 2. The third kappa shape index (κ3) is 4.90. The van der Waals surface area contributed by atoms with E-state index < -0.39 is 39.0 Å². The van der Waals surface area contributed by atoms with Crippen LogP contribution in [0.3, 0.4) is 0 Å². The molecule has 0 saturated carbocycles. The summed E-state index contributed by atoms with van der Waals surface area (Å²) in [6.45, 7) is 6.96. The van der Waals surface area contributed by atoms with Crippen LogP contribution in [0.25, 0.3) is 0 Å². The van der Waals surface area contributed by atoms with Crippen LogP contribution in [-0.2, 0) is 16.5 Å². The molecule has 2 rings (SSSR count). The average Bonchev–Trinajstić information content (AvgIpc) is 2.54. The van der Waals surface area contributed by atoms with Gasteiger partial charge in [-0.3, -0.25) is 0 Å². The number of aliphatic hydroxyl groups excluding tert-OH is 1. The average molecular weight is 383 g/mol. The first-order chi connectivity index (χ1) is 12.0. The maximum Gasteiger partial charge on any atom is 0.131 e. The van der Waals surface area contributed by atoms with Crippen molar-refractivity contribution in [3.05, 3.63) is 59.7 Å². The first-order valence-electron chi connectivity index (χ1n) is 8.11. The third-order valence-electron chi connectivity index (χ3n) is 3.97. The second-order valence-corrected chi connectivity index (χ2v) is 9.30. The van der Waals surface area contributed by atoms with Crippen molar-refractivity contribution >= 4 is 11.0 Å². The Morgan fingerprint density at radius 2 is 1.81 bits per heavy atom. The number of nitrogens with one attached hydrogen (secondary N) is 1. The van der Waals surface area contributed by atoms with E-state index in [1.54, 1.807) is 27.7 Å². The van der Waals surface area contributed by atoms with Gasteiger partial charge in [0, 0.05) is 36.0 Å². The molecule has 0 amide bonds. The van der Waals surface area contributed by atoms with Crippen LogP contribution >= 0.6 is 0 Å². The second kappa shape index (κ2) is 7.85. The van der Waals surface area contributed by atoms with E-state index in [0.717, 1.165) is 12.1 Å². The van der Waals surface area contributed by atoms with Gasteiger partial charge in [0.25, 0.3) is 0 Å². The number of hydrogen-bond donors (Lipinski definition) is 2. The minimum atomic E-state index is -1.55. The Bertz CT molecular complexity index is 784. The van der Waals surface area contributed by atoms with Gasteiger partial charge in [0.05, 0.1) is 27.4 Å². The van der Waals surface area contributed by atoms with E-state index in [2.05, 4.69) is 14.7 Å². The smallest absolute Gasteiger partial charge is 0.131 e. The number of aliphatic hydroxyl groups is 1. The summed E-state index contributed by atoms with van der Waals surface area (Å²) in [7, 11) is -1.55. The molecule has 2 N–H and O–H groups in total. The molecule has 0 aliphatic rings. The zero-order valence-corrected chi connectivity index (χ0v) is 16.0. The van der Waals surface area contributed by atoms with Crippen LogP contribution in [0.5, 0.6) is 0 Å². The van der Waals surface area contributed by atoms with Gasteiger partial charge in [0.2, 0.25) is 0 Å². The fourth-order valence-electron chi connectivity index (χ4n) is 2.49. The van der Waals surface area contributed by atoms with Crippen molar-refractivity contribution < 1.29 is 18.1 Å². The van der Waals surface area contributed by atoms with Gasteiger partial charge in [-0.15, -0.1) is 0 Å². The van der Waals surface area contributed by atoms with Gasteiger partial charge in [-0.2, -0.15) is 0 Å². The van der Waals surface area contributed by atoms with Crippen LogP contribution in [-0.4, -0.2) is 24.0 Å². The zero-order chi connectivity index (χ0) is 19.5. The summed E-state index contributed by atoms with van der Waals surface area (Å²) in [6, 6.07) is 3.20. The summed E-state index contributed by atoms with van der Waals surface area (Å²) < 4.78 is 42.7. The highest BCUT2D eigenvalue weighted by Gasteiger charge is 2.36. The van der Waals surface area contributed by atoms with Crippen LogP contribution < -0.4 is 4.72 Å². The molecule has 142 valence electrons. The van der Waals surface area contributed by atoms with E-state index >= 15 is 0 Å². The number of hydrogen-bond acceptors (Lipinski definition) is 4. The molecular formula is C18H23F2N3O2S. The predicted molar refractivity (Wildman–Crippen MR) is 96.3 cm³/mol. The molecular weight excluding hydrogens is 360 g/mol. The van der Waals surface area contributed by atoms with E-state index in [1.165, 1.54) is 24.8 Å². The Balaban J connectivity index is 2.42. The lowest BCUT2D eigenvalue weighted by atomic mass is 9.85. The van der Waals surface area contributed by atoms with Crippen molar-refractivity contribution in [3.8, 4) is 0 Å². The molecule has 0 aliphatic heterocycles. The molecule has 1 heterocycles. The van der Waals surface area contributed by atoms with E-state index in [4.69, 9.17) is 0 Å². The van der Waals surface area contributed by atoms with Crippen LogP contribution in [0.15, 0.2) is 36.9 Å². The molecule has 0 spiro atoms. The number of aromatic nitrogens is 2. The molecule has 0 radical (unpaired) electrons. The number of benzene rings is 1. The normalized spacial score (nSPS) is 16.7. The quantitative estimate of drug-likeness (QED) is 0.804. The maximum atomic E-state index is 14.5. The van der Waals surface area contributed by atoms with E-state index in [-0.39, 0.29) is 12.0 Å². The molecule has 1 aromatic heterocycles. The first-order valence-corrected chi connectivity index (χ1v) is 9.26. The molecule has 0 bridgehead atoms. The van der Waals surface area contributed by atoms with Crippen LogP contribution in [0.2, 0.25) is 0 Å². The third-order valence-corrected chi connectivity index (χ3v) is 5.71. The van der Waals surface area contributed by atoms with Crippen molar-refractivity contribution in [1.29, 1.82) is 0 Å². The zero-order valence-electron chi connectivity index (χ0n) is 15.2. The molecule has 3 unspecified atom stereocenters. The summed E-state index contributed by atoms with van der Waals surface area (Å²) in [5.74, 6) is -1.48. The van der Waals surface area contributed by atoms with Crippen LogP contribution in [0.4, 0.5) is 8.78 Å². The van der Waals surface area contributed by atoms with Gasteiger partial charge in [-0.1, -0.05) is 6.07 Å². The predicted octanol–water partition coefficient (Wildman–Crippen LogP) is 3.15. The highest BCUT2D eigenvalue weighted by molar-refractivity contribution is 7.84. The molecule has 1 aromatic carbocycles. The van der Waals surface area contributed by atoms with Gasteiger partial charge >= 0.3 is 0 Å². The summed E-state index contributed by atoms with van der Waals surface area (Å²) in [6.07, 6.45) is 3.21. The minimum absolute atomic E-state index is 0.00918. The molecule has 2 aromatic rings. The number of nitrogens with zero attached hydrogens (tertiary/aromatic N) is 2. The summed E-state index contributed by atoms with van der Waals surface area (Å²) >= 11 is 0. The Morgan fingerprint density at radius 1 is 1.19 bits per heavy atom. The van der Waals surface area contributed by atoms with E-state index in [9.17, 15) is 18.1 Å². The molecule has 26 heavy (non-hydrogen) atoms. The Kier molecular flexibility index (Phi) is 6.21. The highest BCUT2D eigenvalue weighted by atomic mass is 32.2. The summed E-state index contributed by atoms with van der Waals surface area (Å²) in [5.41, 5.74) is -0.650. The van der Waals surface area contributed by atoms with Crippen molar-refractivity contribution in [2.45, 2.75) is 50.5 Å². The van der Waals surface area contributed by atoms with Crippen molar-refractivity contribution in [1.82, 2.24) is 14.7 Å². The van der Waals surface area contributed by atoms with Crippen LogP contribution in [0.1, 0.15) is 51.3 Å². The second-order valence-electron chi connectivity index (χ2n) is 7.33. The van der Waals surface area contributed by atoms with Gasteiger partial charge in [0.1, 0.15) is 18.0 Å². The molecule has 5 nitrogen and oxygen atoms in total. The number of rotatable bonds is 6. The lowest BCUT2D eigenvalue weighted by Crippen LogP contribution is -2.47. The fraction of sp³-hybridized carbons (Fsp3) is 0.444. The van der Waals surface area contributed by atoms with Gasteiger partial charge in [-0.25, -0.2) is 27.7 Å². The largest absolute Gasteiger partial charge is 0.388 e. The molecule has 0 fully saturated rings. The highest BCUT2D eigenvalue weighted by Crippen LogP contribution is 2.34. The lowest BCUT2D eigenvalue weighted by molar-refractivity contribution is 0.130. The molecule has 3 atom stereocenters. The molecule has 8 heteroatoms. The van der Waals surface area contributed by atoms with E-state index in [1.807, 2.05) is 0 Å². The van der Waals surface area contributed by atoms with Crippen molar-refractivity contribution in [2.24, 2.45) is 0 Å². The first kappa shape index (κ1) is 20.5. The SMILES string of the molecule is CC(CC(O)c1cncnc1)(NS(=O)C(C)(C)C)c1ccc(F)cc1F. The monoisotopic (exact) mass is 383 g/mol. The fourth-order valence-corrected chi connectivity index (χ4v) is 3.40. The maximum absolute atomic E-state index is 14.5. The van der Waals surface area contributed by atoms with Gasteiger partial charge in [-0.05, 0) is 33.8 Å². The Morgan fingerprint density at radius 3 is 2.35 bits per heavy atom. The summed E-state index contributed by atoms with van der Waals surface area (Å²) in [5, 5.41) is 10.6. The van der Waals surface area contributed by atoms with Crippen molar-refractivity contribution in [2.75, 3.05) is 0 Å². The van der Waals surface area contributed by atoms with E-state index in [0.29, 0.717) is 5.56 Å². The molecule has 0 aliphatic carbocycles. The topological polar surface area (TPSA) is 75.1 Å². The van der Waals surface area contributed by atoms with Crippen molar-refractivity contribution in [3.63, 3.8) is 0 Å². The van der Waals surface area contributed by atoms with Gasteiger partial charge < -0.3 is 5.11 Å². The molecule has 0 saturated heterocycles. The standard InChI is InChI=1S/C18H23F2N3O2S/c1-17(2,3)26(25)23-18(4,14-6-5-13(19)7-15(14)20)8-16(24)12-9-21-11-22-10-12/h5-7,9-11,16,23-24H,8H2,1-4H3. The van der Waals surface area contributed by atoms with Gasteiger partial charge in [0.15, 0.2) is 0 Å². The lowest BCUT2D eigenvalue weighted by Gasteiger charge is -2.35.